The molecule has 0 aromatic heterocycles. The molecule has 0 fully saturated rings. The normalized spacial score (nSPS) is 15.8. The van der Waals surface area contributed by atoms with E-state index in [0.29, 0.717) is 0 Å². The van der Waals surface area contributed by atoms with Crippen LogP contribution in [-0.4, -0.2) is 40.0 Å². The number of hydrogen-bond acceptors (Lipinski definition) is 3. The molecule has 1 atom stereocenters. The lowest BCUT2D eigenvalue weighted by atomic mass is 10.7. The van der Waals surface area contributed by atoms with Gasteiger partial charge < -0.3 is 9.41 Å². The molecule has 0 aromatic carbocycles. The van der Waals surface area contributed by atoms with E-state index >= 15 is 0 Å². The van der Waals surface area contributed by atoms with E-state index in [-0.39, 0.29) is 0 Å². The summed E-state index contributed by atoms with van der Waals surface area (Å²) in [6.07, 6.45) is 0. The SMILES string of the molecule is C=C[Si](NCC)(OC)N(CC)CC. The molecule has 78 valence electrons. The molecule has 0 rings (SSSR count). The molecular weight excluding hydrogens is 180 g/mol. The Balaban J connectivity index is 4.59. The first-order valence-electron chi connectivity index (χ1n) is 4.89. The quantitative estimate of drug-likeness (QED) is 0.629. The second-order valence-corrected chi connectivity index (χ2v) is 6.00. The second kappa shape index (κ2) is 6.31. The Morgan fingerprint density at radius 3 is 2.15 bits per heavy atom. The Morgan fingerprint density at radius 2 is 1.92 bits per heavy atom. The van der Waals surface area contributed by atoms with E-state index in [4.69, 9.17) is 4.43 Å². The third-order valence-electron chi connectivity index (χ3n) is 2.25. The van der Waals surface area contributed by atoms with Crippen LogP contribution in [0.2, 0.25) is 0 Å². The van der Waals surface area contributed by atoms with Crippen LogP contribution >= 0.6 is 0 Å². The Morgan fingerprint density at radius 1 is 1.38 bits per heavy atom. The third-order valence-corrected chi connectivity index (χ3v) is 5.86. The minimum atomic E-state index is -2.03. The number of hydrogen-bond donors (Lipinski definition) is 1. The van der Waals surface area contributed by atoms with Crippen molar-refractivity contribution in [2.75, 3.05) is 26.7 Å². The van der Waals surface area contributed by atoms with Crippen molar-refractivity contribution in [2.45, 2.75) is 20.8 Å². The highest BCUT2D eigenvalue weighted by molar-refractivity contribution is 6.73. The van der Waals surface area contributed by atoms with E-state index in [2.05, 4.69) is 36.9 Å². The predicted molar refractivity (Wildman–Crippen MR) is 59.6 cm³/mol. The van der Waals surface area contributed by atoms with Gasteiger partial charge in [0.05, 0.1) is 0 Å². The summed E-state index contributed by atoms with van der Waals surface area (Å²) in [6.45, 7) is 13.2. The third kappa shape index (κ3) is 2.91. The lowest BCUT2D eigenvalue weighted by Gasteiger charge is -2.36. The van der Waals surface area contributed by atoms with Crippen LogP contribution in [0, 0.1) is 0 Å². The lowest BCUT2D eigenvalue weighted by Crippen LogP contribution is -2.64. The summed E-state index contributed by atoms with van der Waals surface area (Å²) in [5, 5.41) is 0. The first-order chi connectivity index (χ1) is 6.20. The minimum Gasteiger partial charge on any atom is -0.392 e. The van der Waals surface area contributed by atoms with Crippen LogP contribution in [0.4, 0.5) is 0 Å². The predicted octanol–water partition coefficient (Wildman–Crippen LogP) is 1.25. The fraction of sp³-hybridized carbons (Fsp3) is 0.778. The van der Waals surface area contributed by atoms with Gasteiger partial charge in [0, 0.05) is 7.11 Å². The van der Waals surface area contributed by atoms with Gasteiger partial charge in [-0.3, -0.25) is 4.57 Å². The van der Waals surface area contributed by atoms with Crippen molar-refractivity contribution in [1.29, 1.82) is 0 Å². The molecule has 1 N–H and O–H groups in total. The smallest absolute Gasteiger partial charge is 0.380 e. The number of nitrogens with one attached hydrogen (secondary N) is 1. The van der Waals surface area contributed by atoms with Crippen molar-refractivity contribution >= 4 is 8.64 Å². The van der Waals surface area contributed by atoms with Gasteiger partial charge in [-0.25, -0.2) is 0 Å². The highest BCUT2D eigenvalue weighted by Crippen LogP contribution is 2.08. The van der Waals surface area contributed by atoms with Crippen molar-refractivity contribution in [1.82, 2.24) is 9.55 Å². The molecule has 0 radical (unpaired) electrons. The lowest BCUT2D eigenvalue weighted by molar-refractivity contribution is 0.294. The number of nitrogens with zero attached hydrogens (tertiary/aromatic N) is 1. The Hall–Kier alpha value is -0.163. The molecule has 0 aliphatic carbocycles. The summed E-state index contributed by atoms with van der Waals surface area (Å²) in [6, 6.07) is 0. The van der Waals surface area contributed by atoms with Gasteiger partial charge in [0.25, 0.3) is 0 Å². The van der Waals surface area contributed by atoms with Gasteiger partial charge in [0.2, 0.25) is 0 Å². The van der Waals surface area contributed by atoms with E-state index in [9.17, 15) is 0 Å². The zero-order valence-electron chi connectivity index (χ0n) is 9.26. The summed E-state index contributed by atoms with van der Waals surface area (Å²) < 4.78 is 7.93. The molecule has 4 heteroatoms. The average Bonchev–Trinajstić information content (AvgIpc) is 2.18. The largest absolute Gasteiger partial charge is 0.392 e. The molecule has 3 nitrogen and oxygen atoms in total. The van der Waals surface area contributed by atoms with Crippen molar-refractivity contribution in [3.05, 3.63) is 12.3 Å². The van der Waals surface area contributed by atoms with Crippen LogP contribution in [0.15, 0.2) is 12.3 Å². The van der Waals surface area contributed by atoms with Gasteiger partial charge in [-0.15, -0.1) is 6.58 Å². The van der Waals surface area contributed by atoms with Crippen LogP contribution in [0.25, 0.3) is 0 Å². The van der Waals surface area contributed by atoms with Gasteiger partial charge >= 0.3 is 8.64 Å². The van der Waals surface area contributed by atoms with Crippen molar-refractivity contribution < 1.29 is 4.43 Å². The Labute approximate surface area is 83.1 Å². The van der Waals surface area contributed by atoms with E-state index in [1.54, 1.807) is 7.11 Å². The standard InChI is InChI=1S/C9H22N2OSi/c1-6-10-13(9-4,12-5)11(7-2)8-3/h9-10H,4,6-8H2,1-3,5H3. The van der Waals surface area contributed by atoms with Crippen LogP contribution in [0.1, 0.15) is 20.8 Å². The molecule has 0 heterocycles. The average molecular weight is 202 g/mol. The van der Waals surface area contributed by atoms with Gasteiger partial charge in [0.1, 0.15) is 0 Å². The molecule has 0 spiro atoms. The zero-order valence-corrected chi connectivity index (χ0v) is 10.3. The van der Waals surface area contributed by atoms with Crippen LogP contribution < -0.4 is 4.98 Å². The molecular formula is C9H22N2OSi. The fourth-order valence-corrected chi connectivity index (χ4v) is 4.19. The molecule has 0 amide bonds. The van der Waals surface area contributed by atoms with Gasteiger partial charge in [-0.2, -0.15) is 0 Å². The minimum absolute atomic E-state index is 0.919. The monoisotopic (exact) mass is 202 g/mol. The maximum absolute atomic E-state index is 5.61. The summed E-state index contributed by atoms with van der Waals surface area (Å²) in [5.41, 5.74) is 1.95. The molecule has 0 saturated carbocycles. The maximum Gasteiger partial charge on any atom is 0.380 e. The zero-order chi connectivity index (χ0) is 10.3. The molecule has 0 bridgehead atoms. The first-order valence-corrected chi connectivity index (χ1v) is 6.82. The van der Waals surface area contributed by atoms with Crippen LogP contribution in [0.5, 0.6) is 0 Å². The molecule has 0 aliphatic rings. The molecule has 0 aromatic rings. The number of rotatable bonds is 7. The van der Waals surface area contributed by atoms with Crippen molar-refractivity contribution in [3.63, 3.8) is 0 Å². The van der Waals surface area contributed by atoms with E-state index in [1.807, 2.05) is 5.70 Å². The van der Waals surface area contributed by atoms with Crippen molar-refractivity contribution in [2.24, 2.45) is 0 Å². The first kappa shape index (κ1) is 12.8. The molecule has 0 aliphatic heterocycles. The van der Waals surface area contributed by atoms with Crippen LogP contribution in [-0.2, 0) is 4.43 Å². The van der Waals surface area contributed by atoms with Crippen molar-refractivity contribution in [3.8, 4) is 0 Å². The highest BCUT2D eigenvalue weighted by Gasteiger charge is 2.36. The highest BCUT2D eigenvalue weighted by atomic mass is 28.4. The van der Waals surface area contributed by atoms with Gasteiger partial charge in [-0.1, -0.05) is 20.8 Å². The molecule has 13 heavy (non-hydrogen) atoms. The van der Waals surface area contributed by atoms with E-state index in [0.717, 1.165) is 19.6 Å². The second-order valence-electron chi connectivity index (χ2n) is 2.81. The van der Waals surface area contributed by atoms with E-state index in [1.165, 1.54) is 0 Å². The summed E-state index contributed by atoms with van der Waals surface area (Å²) in [4.78, 5) is 3.42. The van der Waals surface area contributed by atoms with Crippen LogP contribution in [0.3, 0.4) is 0 Å². The van der Waals surface area contributed by atoms with E-state index < -0.39 is 8.64 Å². The molecule has 1 unspecified atom stereocenters. The Bertz CT molecular complexity index is 151. The van der Waals surface area contributed by atoms with Gasteiger partial charge in [0.15, 0.2) is 0 Å². The molecule has 0 saturated heterocycles. The topological polar surface area (TPSA) is 24.5 Å². The summed E-state index contributed by atoms with van der Waals surface area (Å²) in [5.74, 6) is 0. The maximum atomic E-state index is 5.61. The summed E-state index contributed by atoms with van der Waals surface area (Å²) in [7, 11) is -0.267. The Kier molecular flexibility index (Phi) is 6.24. The fourth-order valence-electron chi connectivity index (χ4n) is 1.54. The van der Waals surface area contributed by atoms with Gasteiger partial charge in [-0.05, 0) is 25.3 Å². The summed E-state index contributed by atoms with van der Waals surface area (Å²) >= 11 is 0.